The van der Waals surface area contributed by atoms with Crippen molar-refractivity contribution >= 4 is 17.6 Å². The van der Waals surface area contributed by atoms with E-state index in [0.29, 0.717) is 10.5 Å². The van der Waals surface area contributed by atoms with Crippen LogP contribution in [0.15, 0.2) is 39.1 Å². The summed E-state index contributed by atoms with van der Waals surface area (Å²) >= 11 is 1.00. The lowest BCUT2D eigenvalue weighted by Gasteiger charge is -2.08. The number of hydrogen-bond donors (Lipinski definition) is 3. The summed E-state index contributed by atoms with van der Waals surface area (Å²) in [7, 11) is 0. The van der Waals surface area contributed by atoms with Gasteiger partial charge in [0.05, 0.1) is 4.90 Å². The number of nitrogens with zero attached hydrogens (tertiary/aromatic N) is 1. The Hall–Kier alpha value is -1.86. The lowest BCUT2D eigenvalue weighted by molar-refractivity contribution is 0.596. The van der Waals surface area contributed by atoms with Crippen LogP contribution >= 0.6 is 11.8 Å². The van der Waals surface area contributed by atoms with Crippen molar-refractivity contribution in [1.29, 1.82) is 0 Å². The fraction of sp³-hybridized carbons (Fsp3) is 0.167. The van der Waals surface area contributed by atoms with Gasteiger partial charge in [-0.05, 0) is 36.4 Å². The van der Waals surface area contributed by atoms with Gasteiger partial charge in [0.1, 0.15) is 11.6 Å². The molecule has 1 atom stereocenters. The van der Waals surface area contributed by atoms with Gasteiger partial charge in [-0.15, -0.1) is 0 Å². The van der Waals surface area contributed by atoms with Gasteiger partial charge in [-0.3, -0.25) is 4.79 Å². The van der Waals surface area contributed by atoms with Crippen LogP contribution in [0.4, 0.5) is 10.2 Å². The van der Waals surface area contributed by atoms with Crippen LogP contribution in [0.5, 0.6) is 0 Å². The number of benzene rings is 1. The van der Waals surface area contributed by atoms with E-state index in [9.17, 15) is 9.18 Å². The third-order valence-corrected chi connectivity index (χ3v) is 3.37. The average Bonchev–Trinajstić information content (AvgIpc) is 2.30. The third-order valence-electron chi connectivity index (χ3n) is 2.43. The van der Waals surface area contributed by atoms with Crippen LogP contribution in [0.3, 0.4) is 0 Å². The normalized spacial score (nSPS) is 12.4. The first-order valence-electron chi connectivity index (χ1n) is 5.55. The zero-order valence-corrected chi connectivity index (χ0v) is 11.0. The van der Waals surface area contributed by atoms with Gasteiger partial charge in [0, 0.05) is 12.1 Å². The molecular formula is C12H13FN4OS. The van der Waals surface area contributed by atoms with E-state index in [2.05, 4.69) is 9.97 Å². The van der Waals surface area contributed by atoms with Crippen molar-refractivity contribution in [1.82, 2.24) is 9.97 Å². The molecule has 100 valence electrons. The van der Waals surface area contributed by atoms with E-state index in [1.165, 1.54) is 12.1 Å². The highest BCUT2D eigenvalue weighted by Crippen LogP contribution is 2.28. The molecule has 1 aromatic heterocycles. The molecule has 7 heteroatoms. The molecule has 0 bridgehead atoms. The maximum Gasteiger partial charge on any atom is 0.253 e. The van der Waals surface area contributed by atoms with E-state index in [-0.39, 0.29) is 22.6 Å². The van der Waals surface area contributed by atoms with Crippen molar-refractivity contribution in [2.75, 3.05) is 5.73 Å². The maximum atomic E-state index is 13.9. The number of halogens is 1. The molecule has 0 radical (unpaired) electrons. The molecule has 0 amide bonds. The molecule has 5 nitrogen and oxygen atoms in total. The smallest absolute Gasteiger partial charge is 0.253 e. The van der Waals surface area contributed by atoms with Crippen LogP contribution in [0.1, 0.15) is 18.5 Å². The van der Waals surface area contributed by atoms with Gasteiger partial charge in [-0.25, -0.2) is 9.37 Å². The number of aromatic amines is 1. The minimum Gasteiger partial charge on any atom is -0.383 e. The van der Waals surface area contributed by atoms with E-state index in [0.717, 1.165) is 11.8 Å². The van der Waals surface area contributed by atoms with Crippen LogP contribution in [0.2, 0.25) is 0 Å². The van der Waals surface area contributed by atoms with Gasteiger partial charge in [-0.2, -0.15) is 0 Å². The highest BCUT2D eigenvalue weighted by Gasteiger charge is 2.09. The Labute approximate surface area is 113 Å². The van der Waals surface area contributed by atoms with Crippen LogP contribution in [0, 0.1) is 5.82 Å². The monoisotopic (exact) mass is 280 g/mol. The fourth-order valence-electron chi connectivity index (χ4n) is 1.49. The molecule has 0 aliphatic heterocycles. The van der Waals surface area contributed by atoms with Gasteiger partial charge in [0.15, 0.2) is 5.16 Å². The summed E-state index contributed by atoms with van der Waals surface area (Å²) in [4.78, 5) is 18.0. The number of nitrogens with two attached hydrogens (primary N) is 2. The summed E-state index contributed by atoms with van der Waals surface area (Å²) in [6.45, 7) is 1.78. The lowest BCUT2D eigenvalue weighted by atomic mass is 10.1. The first kappa shape index (κ1) is 13.6. The summed E-state index contributed by atoms with van der Waals surface area (Å²) in [6.07, 6.45) is 0. The lowest BCUT2D eigenvalue weighted by Crippen LogP contribution is -2.09. The van der Waals surface area contributed by atoms with Crippen molar-refractivity contribution < 1.29 is 4.39 Å². The van der Waals surface area contributed by atoms with E-state index < -0.39 is 5.82 Å². The molecule has 1 aromatic carbocycles. The zero-order valence-electron chi connectivity index (χ0n) is 10.2. The second-order valence-electron chi connectivity index (χ2n) is 4.06. The van der Waals surface area contributed by atoms with Crippen LogP contribution in [-0.2, 0) is 0 Å². The second-order valence-corrected chi connectivity index (χ2v) is 5.09. The Morgan fingerprint density at radius 3 is 2.74 bits per heavy atom. The SMILES string of the molecule is C[C@H](N)c1ccc(Sc2nc(N)cc(=O)[nH]2)c(F)c1. The molecule has 0 saturated heterocycles. The fourth-order valence-corrected chi connectivity index (χ4v) is 2.29. The maximum absolute atomic E-state index is 13.9. The minimum absolute atomic E-state index is 0.0962. The van der Waals surface area contributed by atoms with Crippen molar-refractivity contribution in [3.8, 4) is 0 Å². The molecule has 0 saturated carbocycles. The van der Waals surface area contributed by atoms with Crippen molar-refractivity contribution in [3.63, 3.8) is 0 Å². The number of anilines is 1. The zero-order chi connectivity index (χ0) is 14.0. The Morgan fingerprint density at radius 2 is 2.16 bits per heavy atom. The molecule has 2 rings (SSSR count). The summed E-state index contributed by atoms with van der Waals surface area (Å²) in [6, 6.07) is 5.64. The van der Waals surface area contributed by atoms with Crippen molar-refractivity contribution in [2.45, 2.75) is 23.0 Å². The molecule has 5 N–H and O–H groups in total. The number of nitrogens with one attached hydrogen (secondary N) is 1. The molecule has 2 aromatic rings. The Bertz CT molecular complexity index is 656. The van der Waals surface area contributed by atoms with E-state index in [4.69, 9.17) is 11.5 Å². The van der Waals surface area contributed by atoms with Gasteiger partial charge in [0.2, 0.25) is 0 Å². The topological polar surface area (TPSA) is 97.8 Å². The summed E-state index contributed by atoms with van der Waals surface area (Å²) in [5.74, 6) is -0.316. The number of nitrogen functional groups attached to an aromatic ring is 1. The van der Waals surface area contributed by atoms with Crippen molar-refractivity contribution in [2.24, 2.45) is 5.73 Å². The van der Waals surface area contributed by atoms with Crippen LogP contribution in [0.25, 0.3) is 0 Å². The summed E-state index contributed by atoms with van der Waals surface area (Å²) < 4.78 is 13.9. The number of rotatable bonds is 3. The standard InChI is InChI=1S/C12H13FN4OS/c1-6(14)7-2-3-9(8(13)4-7)19-12-16-10(15)5-11(18)17-12/h2-6H,14H2,1H3,(H3,15,16,17,18)/t6-/m0/s1. The van der Waals surface area contributed by atoms with Gasteiger partial charge >= 0.3 is 0 Å². The molecule has 0 fully saturated rings. The summed E-state index contributed by atoms with van der Waals surface area (Å²) in [5, 5.41) is 0.248. The first-order chi connectivity index (χ1) is 8.95. The highest BCUT2D eigenvalue weighted by molar-refractivity contribution is 7.99. The third kappa shape index (κ3) is 3.33. The predicted molar refractivity (Wildman–Crippen MR) is 72.4 cm³/mol. The predicted octanol–water partition coefficient (Wildman–Crippen LogP) is 1.66. The molecule has 0 aliphatic carbocycles. The van der Waals surface area contributed by atoms with Gasteiger partial charge in [-0.1, -0.05) is 6.07 Å². The largest absolute Gasteiger partial charge is 0.383 e. The molecule has 0 spiro atoms. The number of hydrogen-bond acceptors (Lipinski definition) is 5. The Balaban J connectivity index is 2.30. The Kier molecular flexibility index (Phi) is 3.87. The van der Waals surface area contributed by atoms with E-state index >= 15 is 0 Å². The van der Waals surface area contributed by atoms with E-state index in [1.54, 1.807) is 19.1 Å². The van der Waals surface area contributed by atoms with Crippen LogP contribution < -0.4 is 17.0 Å². The van der Waals surface area contributed by atoms with Crippen LogP contribution in [-0.4, -0.2) is 9.97 Å². The Morgan fingerprint density at radius 1 is 1.42 bits per heavy atom. The number of H-pyrrole nitrogens is 1. The molecular weight excluding hydrogens is 267 g/mol. The summed E-state index contributed by atoms with van der Waals surface area (Å²) in [5.41, 5.74) is 11.5. The van der Waals surface area contributed by atoms with Gasteiger partial charge in [0.25, 0.3) is 5.56 Å². The highest BCUT2D eigenvalue weighted by atomic mass is 32.2. The molecule has 0 unspecified atom stereocenters. The quantitative estimate of drug-likeness (QED) is 0.743. The average molecular weight is 280 g/mol. The second kappa shape index (κ2) is 5.41. The molecule has 0 aliphatic rings. The first-order valence-corrected chi connectivity index (χ1v) is 6.37. The van der Waals surface area contributed by atoms with Crippen molar-refractivity contribution in [3.05, 3.63) is 46.0 Å². The van der Waals surface area contributed by atoms with E-state index in [1.807, 2.05) is 0 Å². The minimum atomic E-state index is -0.412. The number of aromatic nitrogens is 2. The molecule has 19 heavy (non-hydrogen) atoms. The molecule has 1 heterocycles. The van der Waals surface area contributed by atoms with Gasteiger partial charge < -0.3 is 16.5 Å².